The van der Waals surface area contributed by atoms with Gasteiger partial charge in [-0.1, -0.05) is 6.42 Å². The van der Waals surface area contributed by atoms with Crippen LogP contribution in [0.15, 0.2) is 11.8 Å². The lowest BCUT2D eigenvalue weighted by Gasteiger charge is -2.21. The van der Waals surface area contributed by atoms with Crippen LogP contribution in [0.2, 0.25) is 0 Å². The molecule has 1 saturated carbocycles. The van der Waals surface area contributed by atoms with Crippen LogP contribution in [0.3, 0.4) is 0 Å². The Hall–Kier alpha value is -0.510. The zero-order valence-electron chi connectivity index (χ0n) is 10.4. The molecule has 1 saturated heterocycles. The SMILES string of the molecule is O=S1(=O)CCCC(COC=C2CCCCC2)C1. The Morgan fingerprint density at radius 3 is 2.65 bits per heavy atom. The van der Waals surface area contributed by atoms with E-state index in [1.165, 1.54) is 24.8 Å². The van der Waals surface area contributed by atoms with Gasteiger partial charge in [-0.15, -0.1) is 0 Å². The van der Waals surface area contributed by atoms with E-state index in [2.05, 4.69) is 0 Å². The highest BCUT2D eigenvalue weighted by molar-refractivity contribution is 7.91. The van der Waals surface area contributed by atoms with Gasteiger partial charge in [0.25, 0.3) is 0 Å². The second kappa shape index (κ2) is 5.89. The van der Waals surface area contributed by atoms with Crippen LogP contribution in [0.4, 0.5) is 0 Å². The van der Waals surface area contributed by atoms with Gasteiger partial charge in [-0.25, -0.2) is 8.42 Å². The molecule has 0 spiro atoms. The van der Waals surface area contributed by atoms with Gasteiger partial charge in [-0.05, 0) is 44.1 Å². The van der Waals surface area contributed by atoms with Crippen molar-refractivity contribution in [2.45, 2.75) is 44.9 Å². The maximum Gasteiger partial charge on any atom is 0.150 e. The van der Waals surface area contributed by atoms with Crippen molar-refractivity contribution in [3.05, 3.63) is 11.8 Å². The molecule has 0 aromatic rings. The number of hydrogen-bond acceptors (Lipinski definition) is 3. The maximum absolute atomic E-state index is 11.5. The Labute approximate surface area is 104 Å². The standard InChI is InChI=1S/C13H22O3S/c14-17(15)8-4-7-13(11-17)10-16-9-12-5-2-1-3-6-12/h9,13H,1-8,10-11H2. The van der Waals surface area contributed by atoms with Crippen molar-refractivity contribution in [2.75, 3.05) is 18.1 Å². The third-order valence-corrected chi connectivity index (χ3v) is 5.53. The van der Waals surface area contributed by atoms with E-state index in [0.717, 1.165) is 25.7 Å². The number of rotatable bonds is 3. The lowest BCUT2D eigenvalue weighted by Crippen LogP contribution is -2.27. The number of ether oxygens (including phenoxy) is 1. The second-order valence-corrected chi connectivity index (χ2v) is 7.52. The van der Waals surface area contributed by atoms with Crippen LogP contribution in [-0.2, 0) is 14.6 Å². The second-order valence-electron chi connectivity index (χ2n) is 5.29. The highest BCUT2D eigenvalue weighted by Gasteiger charge is 2.24. The quantitative estimate of drug-likeness (QED) is 0.731. The average Bonchev–Trinajstić information content (AvgIpc) is 2.29. The van der Waals surface area contributed by atoms with Gasteiger partial charge in [0.2, 0.25) is 0 Å². The molecule has 0 aromatic heterocycles. The molecule has 0 N–H and O–H groups in total. The van der Waals surface area contributed by atoms with E-state index in [0.29, 0.717) is 18.1 Å². The van der Waals surface area contributed by atoms with E-state index in [4.69, 9.17) is 4.74 Å². The highest BCUT2D eigenvalue weighted by atomic mass is 32.2. The summed E-state index contributed by atoms with van der Waals surface area (Å²) in [6, 6.07) is 0. The van der Waals surface area contributed by atoms with E-state index < -0.39 is 9.84 Å². The van der Waals surface area contributed by atoms with Crippen molar-refractivity contribution in [3.8, 4) is 0 Å². The summed E-state index contributed by atoms with van der Waals surface area (Å²) in [7, 11) is -2.79. The Kier molecular flexibility index (Phi) is 4.48. The van der Waals surface area contributed by atoms with Crippen LogP contribution in [0.25, 0.3) is 0 Å². The molecule has 17 heavy (non-hydrogen) atoms. The van der Waals surface area contributed by atoms with Crippen molar-refractivity contribution < 1.29 is 13.2 Å². The summed E-state index contributed by atoms with van der Waals surface area (Å²) in [5.74, 6) is 0.884. The molecule has 2 fully saturated rings. The molecular formula is C13H22O3S. The molecule has 0 radical (unpaired) electrons. The van der Waals surface area contributed by atoms with Crippen molar-refractivity contribution >= 4 is 9.84 Å². The monoisotopic (exact) mass is 258 g/mol. The predicted molar refractivity (Wildman–Crippen MR) is 68.5 cm³/mol. The summed E-state index contributed by atoms with van der Waals surface area (Å²) in [5.41, 5.74) is 1.40. The normalized spacial score (nSPS) is 28.7. The van der Waals surface area contributed by atoms with Gasteiger partial charge in [0.15, 0.2) is 9.84 Å². The van der Waals surface area contributed by atoms with Crippen LogP contribution in [0, 0.1) is 5.92 Å². The van der Waals surface area contributed by atoms with E-state index >= 15 is 0 Å². The van der Waals surface area contributed by atoms with E-state index in [1.807, 2.05) is 6.26 Å². The van der Waals surface area contributed by atoms with Gasteiger partial charge >= 0.3 is 0 Å². The fourth-order valence-electron chi connectivity index (χ4n) is 2.67. The summed E-state index contributed by atoms with van der Waals surface area (Å²) in [4.78, 5) is 0. The predicted octanol–water partition coefficient (Wildman–Crippen LogP) is 2.68. The molecule has 1 heterocycles. The minimum Gasteiger partial charge on any atom is -0.501 e. The molecule has 3 nitrogen and oxygen atoms in total. The first-order chi connectivity index (χ1) is 8.16. The van der Waals surface area contributed by atoms with Gasteiger partial charge < -0.3 is 4.74 Å². The van der Waals surface area contributed by atoms with Gasteiger partial charge in [0, 0.05) is 5.92 Å². The van der Waals surface area contributed by atoms with Gasteiger partial charge in [-0.3, -0.25) is 0 Å². The van der Waals surface area contributed by atoms with Crippen LogP contribution in [0.1, 0.15) is 44.9 Å². The zero-order chi connectivity index (χ0) is 12.1. The van der Waals surface area contributed by atoms with Crippen molar-refractivity contribution in [1.29, 1.82) is 0 Å². The fraction of sp³-hybridized carbons (Fsp3) is 0.846. The largest absolute Gasteiger partial charge is 0.501 e. The molecule has 4 heteroatoms. The third-order valence-electron chi connectivity index (χ3n) is 3.64. The smallest absolute Gasteiger partial charge is 0.150 e. The van der Waals surface area contributed by atoms with Crippen molar-refractivity contribution in [2.24, 2.45) is 5.92 Å². The molecule has 2 rings (SSSR count). The molecule has 1 unspecified atom stereocenters. The molecule has 0 amide bonds. The minimum atomic E-state index is -2.79. The van der Waals surface area contributed by atoms with Crippen molar-refractivity contribution in [1.82, 2.24) is 0 Å². The molecule has 98 valence electrons. The van der Waals surface area contributed by atoms with Gasteiger partial charge in [0.1, 0.15) is 0 Å². The van der Waals surface area contributed by atoms with Gasteiger partial charge in [-0.2, -0.15) is 0 Å². The summed E-state index contributed by atoms with van der Waals surface area (Å²) in [6.45, 7) is 0.572. The first-order valence-corrected chi connectivity index (χ1v) is 8.48. The van der Waals surface area contributed by atoms with Crippen LogP contribution < -0.4 is 0 Å². The van der Waals surface area contributed by atoms with Gasteiger partial charge in [0.05, 0.1) is 24.4 Å². The lowest BCUT2D eigenvalue weighted by molar-refractivity contribution is 0.191. The maximum atomic E-state index is 11.5. The molecule has 1 aliphatic heterocycles. The topological polar surface area (TPSA) is 43.4 Å². The first kappa shape index (κ1) is 12.9. The van der Waals surface area contributed by atoms with E-state index in [1.54, 1.807) is 0 Å². The van der Waals surface area contributed by atoms with E-state index in [9.17, 15) is 8.42 Å². The first-order valence-electron chi connectivity index (χ1n) is 6.66. The molecule has 1 aliphatic carbocycles. The van der Waals surface area contributed by atoms with Crippen LogP contribution >= 0.6 is 0 Å². The molecule has 0 bridgehead atoms. The van der Waals surface area contributed by atoms with Crippen molar-refractivity contribution in [3.63, 3.8) is 0 Å². The van der Waals surface area contributed by atoms with E-state index in [-0.39, 0.29) is 5.92 Å². The summed E-state index contributed by atoms with van der Waals surface area (Å²) >= 11 is 0. The molecule has 2 aliphatic rings. The van der Waals surface area contributed by atoms with Crippen LogP contribution in [0.5, 0.6) is 0 Å². The Balaban J connectivity index is 1.74. The minimum absolute atomic E-state index is 0.203. The molecular weight excluding hydrogens is 236 g/mol. The Morgan fingerprint density at radius 1 is 1.18 bits per heavy atom. The summed E-state index contributed by atoms with van der Waals surface area (Å²) in [6.07, 6.45) is 9.86. The average molecular weight is 258 g/mol. The highest BCUT2D eigenvalue weighted by Crippen LogP contribution is 2.23. The number of allylic oxidation sites excluding steroid dienone is 1. The third kappa shape index (κ3) is 4.34. The lowest BCUT2D eigenvalue weighted by atomic mass is 9.96. The van der Waals surface area contributed by atoms with Crippen LogP contribution in [-0.4, -0.2) is 26.5 Å². The molecule has 1 atom stereocenters. The molecule has 0 aromatic carbocycles. The summed E-state index contributed by atoms with van der Waals surface area (Å²) in [5, 5.41) is 0. The zero-order valence-corrected chi connectivity index (χ0v) is 11.2. The Morgan fingerprint density at radius 2 is 1.94 bits per heavy atom. The number of sulfone groups is 1. The fourth-order valence-corrected chi connectivity index (χ4v) is 4.43. The number of hydrogen-bond donors (Lipinski definition) is 0. The Bertz CT molecular complexity index is 362. The summed E-state index contributed by atoms with van der Waals surface area (Å²) < 4.78 is 28.5.